The molecule has 1 atom stereocenters. The lowest BCUT2D eigenvalue weighted by Gasteiger charge is -2.18. The molecule has 0 aliphatic carbocycles. The Morgan fingerprint density at radius 3 is 2.05 bits per heavy atom. The van der Waals surface area contributed by atoms with E-state index in [2.05, 4.69) is 32.9 Å². The van der Waals surface area contributed by atoms with Gasteiger partial charge in [0.1, 0.15) is 0 Å². The normalized spacial score (nSPS) is 12.4. The first-order chi connectivity index (χ1) is 9.51. The summed E-state index contributed by atoms with van der Waals surface area (Å²) in [6, 6.07) is 12.2. The monoisotopic (exact) mass is 288 g/mol. The molecule has 0 saturated carbocycles. The van der Waals surface area contributed by atoms with Gasteiger partial charge in [-0.2, -0.15) is 0 Å². The van der Waals surface area contributed by atoms with E-state index in [-0.39, 0.29) is 12.5 Å². The van der Waals surface area contributed by atoms with Gasteiger partial charge in [0.2, 0.25) is 0 Å². The molecule has 0 aromatic heterocycles. The second-order valence-electron chi connectivity index (χ2n) is 5.51. The van der Waals surface area contributed by atoms with Crippen LogP contribution in [0.3, 0.4) is 0 Å². The van der Waals surface area contributed by atoms with E-state index in [4.69, 9.17) is 11.6 Å². The van der Waals surface area contributed by atoms with Crippen molar-refractivity contribution in [1.82, 2.24) is 0 Å². The minimum absolute atomic E-state index is 0.118. The van der Waals surface area contributed by atoms with Crippen LogP contribution in [-0.2, 0) is 6.42 Å². The number of aryl methyl sites for hydroxylation is 3. The molecule has 1 nitrogen and oxygen atoms in total. The Labute approximate surface area is 126 Å². The third kappa shape index (κ3) is 3.41. The van der Waals surface area contributed by atoms with Gasteiger partial charge in [-0.1, -0.05) is 41.4 Å². The van der Waals surface area contributed by atoms with Crippen LogP contribution in [0, 0.1) is 20.8 Å². The lowest BCUT2D eigenvalue weighted by molar-refractivity contribution is 0.264. The van der Waals surface area contributed by atoms with Gasteiger partial charge in [0.25, 0.3) is 0 Å². The molecule has 0 heterocycles. The van der Waals surface area contributed by atoms with E-state index < -0.39 is 0 Å². The number of rotatable bonds is 4. The molecule has 0 aliphatic rings. The average molecular weight is 289 g/mol. The summed E-state index contributed by atoms with van der Waals surface area (Å²) >= 11 is 5.93. The highest BCUT2D eigenvalue weighted by molar-refractivity contribution is 6.30. The number of hydrogen-bond acceptors (Lipinski definition) is 1. The fraction of sp³-hybridized carbons (Fsp3) is 0.333. The zero-order valence-corrected chi connectivity index (χ0v) is 13.0. The zero-order valence-electron chi connectivity index (χ0n) is 12.3. The SMILES string of the molecule is Cc1cc(C)c(CC(CO)c2ccc(Cl)cc2)c(C)c1. The Morgan fingerprint density at radius 2 is 1.55 bits per heavy atom. The molecular formula is C18H21ClO. The van der Waals surface area contributed by atoms with Crippen molar-refractivity contribution >= 4 is 11.6 Å². The van der Waals surface area contributed by atoms with E-state index in [1.54, 1.807) is 0 Å². The highest BCUT2D eigenvalue weighted by Gasteiger charge is 2.14. The fourth-order valence-corrected chi connectivity index (χ4v) is 2.93. The molecule has 2 aromatic rings. The zero-order chi connectivity index (χ0) is 14.7. The Hall–Kier alpha value is -1.31. The number of aliphatic hydroxyl groups excluding tert-OH is 1. The number of aliphatic hydroxyl groups is 1. The van der Waals surface area contributed by atoms with Gasteiger partial charge in [-0.05, 0) is 61.6 Å². The van der Waals surface area contributed by atoms with Crippen LogP contribution in [0.2, 0.25) is 5.02 Å². The van der Waals surface area contributed by atoms with Gasteiger partial charge in [0, 0.05) is 10.9 Å². The molecule has 1 unspecified atom stereocenters. The highest BCUT2D eigenvalue weighted by atomic mass is 35.5. The third-order valence-corrected chi connectivity index (χ3v) is 4.10. The number of halogens is 1. The maximum atomic E-state index is 9.71. The van der Waals surface area contributed by atoms with Crippen LogP contribution in [0.15, 0.2) is 36.4 Å². The van der Waals surface area contributed by atoms with E-state index in [1.807, 2.05) is 24.3 Å². The van der Waals surface area contributed by atoms with Gasteiger partial charge in [-0.15, -0.1) is 0 Å². The summed E-state index contributed by atoms with van der Waals surface area (Å²) in [4.78, 5) is 0. The van der Waals surface area contributed by atoms with Crippen LogP contribution in [-0.4, -0.2) is 11.7 Å². The van der Waals surface area contributed by atoms with Crippen LogP contribution in [0.25, 0.3) is 0 Å². The Bertz CT molecular complexity index is 564. The van der Waals surface area contributed by atoms with Gasteiger partial charge in [0.05, 0.1) is 6.61 Å². The van der Waals surface area contributed by atoms with E-state index in [1.165, 1.54) is 22.3 Å². The molecular weight excluding hydrogens is 268 g/mol. The molecule has 20 heavy (non-hydrogen) atoms. The molecule has 1 N–H and O–H groups in total. The molecule has 106 valence electrons. The molecule has 0 amide bonds. The van der Waals surface area contributed by atoms with Crippen molar-refractivity contribution in [2.24, 2.45) is 0 Å². The van der Waals surface area contributed by atoms with E-state index in [0.717, 1.165) is 17.0 Å². The molecule has 0 fully saturated rings. The van der Waals surface area contributed by atoms with Gasteiger partial charge in [0.15, 0.2) is 0 Å². The Morgan fingerprint density at radius 1 is 1.00 bits per heavy atom. The van der Waals surface area contributed by atoms with Crippen molar-refractivity contribution in [3.8, 4) is 0 Å². The molecule has 2 heteroatoms. The molecule has 2 aromatic carbocycles. The maximum Gasteiger partial charge on any atom is 0.0502 e. The van der Waals surface area contributed by atoms with E-state index in [0.29, 0.717) is 0 Å². The first-order valence-electron chi connectivity index (χ1n) is 6.94. The standard InChI is InChI=1S/C18H21ClO/c1-12-8-13(2)18(14(3)9-12)10-16(11-20)15-4-6-17(19)7-5-15/h4-9,16,20H,10-11H2,1-3H3. The summed E-state index contributed by atoms with van der Waals surface area (Å²) < 4.78 is 0. The summed E-state index contributed by atoms with van der Waals surface area (Å²) in [5, 5.41) is 10.4. The van der Waals surface area contributed by atoms with Gasteiger partial charge in [-0.3, -0.25) is 0 Å². The molecule has 0 spiro atoms. The van der Waals surface area contributed by atoms with E-state index in [9.17, 15) is 5.11 Å². The lowest BCUT2D eigenvalue weighted by Crippen LogP contribution is -2.10. The first-order valence-corrected chi connectivity index (χ1v) is 7.32. The highest BCUT2D eigenvalue weighted by Crippen LogP contribution is 2.26. The second-order valence-corrected chi connectivity index (χ2v) is 5.95. The van der Waals surface area contributed by atoms with Crippen LogP contribution in [0.1, 0.15) is 33.7 Å². The quantitative estimate of drug-likeness (QED) is 0.873. The Kier molecular flexibility index (Phi) is 4.85. The van der Waals surface area contributed by atoms with Crippen molar-refractivity contribution in [3.05, 3.63) is 69.2 Å². The molecule has 0 radical (unpaired) electrons. The summed E-state index contributed by atoms with van der Waals surface area (Å²) in [5.74, 6) is 0.118. The van der Waals surface area contributed by atoms with Crippen LogP contribution >= 0.6 is 11.6 Å². The smallest absolute Gasteiger partial charge is 0.0502 e. The largest absolute Gasteiger partial charge is 0.396 e. The first kappa shape index (κ1) is 15.1. The second kappa shape index (κ2) is 6.43. The minimum Gasteiger partial charge on any atom is -0.396 e. The van der Waals surface area contributed by atoms with Crippen LogP contribution < -0.4 is 0 Å². The average Bonchev–Trinajstić information content (AvgIpc) is 2.39. The van der Waals surface area contributed by atoms with Gasteiger partial charge >= 0.3 is 0 Å². The fourth-order valence-electron chi connectivity index (χ4n) is 2.80. The lowest BCUT2D eigenvalue weighted by atomic mass is 9.88. The van der Waals surface area contributed by atoms with Crippen molar-refractivity contribution in [3.63, 3.8) is 0 Å². The number of hydrogen-bond donors (Lipinski definition) is 1. The summed E-state index contributed by atoms with van der Waals surface area (Å²) in [5.41, 5.74) is 6.36. The predicted molar refractivity (Wildman–Crippen MR) is 85.6 cm³/mol. The summed E-state index contributed by atoms with van der Waals surface area (Å²) in [6.07, 6.45) is 0.857. The minimum atomic E-state index is 0.118. The van der Waals surface area contributed by atoms with Crippen molar-refractivity contribution in [2.75, 3.05) is 6.61 Å². The Balaban J connectivity index is 2.29. The maximum absolute atomic E-state index is 9.71. The van der Waals surface area contributed by atoms with Crippen molar-refractivity contribution < 1.29 is 5.11 Å². The van der Waals surface area contributed by atoms with Gasteiger partial charge < -0.3 is 5.11 Å². The topological polar surface area (TPSA) is 20.2 Å². The third-order valence-electron chi connectivity index (χ3n) is 3.85. The summed E-state index contributed by atoms with van der Waals surface area (Å²) in [7, 11) is 0. The van der Waals surface area contributed by atoms with Crippen molar-refractivity contribution in [1.29, 1.82) is 0 Å². The van der Waals surface area contributed by atoms with E-state index >= 15 is 0 Å². The van der Waals surface area contributed by atoms with Crippen LogP contribution in [0.4, 0.5) is 0 Å². The molecule has 2 rings (SSSR count). The van der Waals surface area contributed by atoms with Crippen LogP contribution in [0.5, 0.6) is 0 Å². The molecule has 0 saturated heterocycles. The molecule has 0 aliphatic heterocycles. The molecule has 0 bridgehead atoms. The van der Waals surface area contributed by atoms with Crippen molar-refractivity contribution in [2.45, 2.75) is 33.1 Å². The van der Waals surface area contributed by atoms with Gasteiger partial charge in [-0.25, -0.2) is 0 Å². The predicted octanol–water partition coefficient (Wildman–Crippen LogP) is 4.58. The summed E-state index contributed by atoms with van der Waals surface area (Å²) in [6.45, 7) is 6.55. The number of benzene rings is 2.